The van der Waals surface area contributed by atoms with E-state index in [2.05, 4.69) is 9.56 Å². The van der Waals surface area contributed by atoms with Gasteiger partial charge in [-0.3, -0.25) is 0 Å². The number of nitrogens with zero attached hydrogens (tertiary/aromatic N) is 3. The Balaban J connectivity index is 1.68. The Morgan fingerprint density at radius 1 is 0.912 bits per heavy atom. The number of aryl methyl sites for hydroxylation is 1. The van der Waals surface area contributed by atoms with Crippen LogP contribution in [-0.2, 0) is 13.0 Å². The largest absolute Gasteiger partial charge is 0.497 e. The Hall–Kier alpha value is -4.13. The molecule has 0 N–H and O–H groups in total. The lowest BCUT2D eigenvalue weighted by Gasteiger charge is -2.22. The number of hydrogen-bond donors (Lipinski definition) is 0. The van der Waals surface area contributed by atoms with E-state index in [1.807, 2.05) is 36.4 Å². The highest BCUT2D eigenvalue weighted by Gasteiger charge is 2.27. The van der Waals surface area contributed by atoms with Crippen molar-refractivity contribution in [1.29, 1.82) is 0 Å². The van der Waals surface area contributed by atoms with E-state index < -0.39 is 0 Å². The van der Waals surface area contributed by atoms with Crippen molar-refractivity contribution in [2.75, 3.05) is 21.3 Å². The summed E-state index contributed by atoms with van der Waals surface area (Å²) in [6.07, 6.45) is 2.51. The van der Waals surface area contributed by atoms with Crippen molar-refractivity contribution < 1.29 is 18.6 Å². The molecule has 1 aromatic heterocycles. The molecule has 34 heavy (non-hydrogen) atoms. The quantitative estimate of drug-likeness (QED) is 0.349. The summed E-state index contributed by atoms with van der Waals surface area (Å²) in [4.78, 5) is 9.60. The number of hydrogen-bond acceptors (Lipinski definition) is 5. The normalized spacial score (nSPS) is 12.4. The third kappa shape index (κ3) is 3.90. The van der Waals surface area contributed by atoms with Crippen LogP contribution in [0.4, 0.5) is 10.3 Å². The maximum Gasteiger partial charge on any atom is 0.230 e. The second kappa shape index (κ2) is 9.02. The number of benzene rings is 3. The summed E-state index contributed by atoms with van der Waals surface area (Å²) < 4.78 is 31.8. The molecule has 0 spiro atoms. The van der Waals surface area contributed by atoms with E-state index in [0.29, 0.717) is 17.4 Å². The Morgan fingerprint density at radius 3 is 2.29 bits per heavy atom. The van der Waals surface area contributed by atoms with Crippen LogP contribution in [-0.4, -0.2) is 37.1 Å². The van der Waals surface area contributed by atoms with Crippen molar-refractivity contribution in [3.05, 3.63) is 77.6 Å². The summed E-state index contributed by atoms with van der Waals surface area (Å²) in [5.74, 6) is 2.45. The van der Waals surface area contributed by atoms with E-state index in [-0.39, 0.29) is 5.82 Å². The lowest BCUT2D eigenvalue weighted by atomic mass is 9.94. The van der Waals surface area contributed by atoms with Gasteiger partial charge in [0.05, 0.1) is 32.7 Å². The first-order valence-corrected chi connectivity index (χ1v) is 10.9. The molecule has 0 amide bonds. The van der Waals surface area contributed by atoms with Crippen molar-refractivity contribution in [3.63, 3.8) is 0 Å². The lowest BCUT2D eigenvalue weighted by Crippen LogP contribution is -2.11. The molecular formula is C27H24FN3O3. The van der Waals surface area contributed by atoms with E-state index in [9.17, 15) is 4.39 Å². The fourth-order valence-electron chi connectivity index (χ4n) is 4.24. The van der Waals surface area contributed by atoms with Gasteiger partial charge in [0.2, 0.25) is 5.95 Å². The van der Waals surface area contributed by atoms with E-state index in [1.54, 1.807) is 39.7 Å². The molecule has 0 saturated heterocycles. The summed E-state index contributed by atoms with van der Waals surface area (Å²) in [5, 5.41) is 0. The first kappa shape index (κ1) is 21.7. The number of aliphatic imine (C=N–C) groups is 1. The predicted octanol–water partition coefficient (Wildman–Crippen LogP) is 5.69. The number of imidazole rings is 1. The van der Waals surface area contributed by atoms with Gasteiger partial charge >= 0.3 is 0 Å². The van der Waals surface area contributed by atoms with Crippen LogP contribution in [0.25, 0.3) is 22.5 Å². The zero-order valence-electron chi connectivity index (χ0n) is 19.2. The highest BCUT2D eigenvalue weighted by molar-refractivity contribution is 5.86. The van der Waals surface area contributed by atoms with Crippen molar-refractivity contribution in [2.45, 2.75) is 13.0 Å². The molecule has 6 nitrogen and oxygen atoms in total. The zero-order valence-corrected chi connectivity index (χ0v) is 19.2. The van der Waals surface area contributed by atoms with Crippen LogP contribution in [0.2, 0.25) is 0 Å². The molecule has 3 aromatic carbocycles. The van der Waals surface area contributed by atoms with Crippen LogP contribution in [0.3, 0.4) is 0 Å². The summed E-state index contributed by atoms with van der Waals surface area (Å²) in [7, 11) is 4.92. The first-order valence-electron chi connectivity index (χ1n) is 10.9. The Kier molecular flexibility index (Phi) is 5.76. The van der Waals surface area contributed by atoms with E-state index >= 15 is 0 Å². The molecule has 4 aromatic rings. The van der Waals surface area contributed by atoms with Gasteiger partial charge in [0.25, 0.3) is 0 Å². The zero-order chi connectivity index (χ0) is 23.7. The summed E-state index contributed by atoms with van der Waals surface area (Å²) in [6, 6.07) is 18.1. The summed E-state index contributed by atoms with van der Waals surface area (Å²) in [5.41, 5.74) is 5.74. The minimum atomic E-state index is -0.280. The Bertz CT molecular complexity index is 1360. The van der Waals surface area contributed by atoms with Gasteiger partial charge in [0, 0.05) is 23.9 Å². The third-order valence-electron chi connectivity index (χ3n) is 5.98. The standard InChI is InChI=1S/C27H24FN3O3/c1-32-21-10-6-18(7-11-21)25-26-22-15-24(34-3)23(33-2)14-19(22)12-13-31(26)27(30-25)29-16-17-4-8-20(28)9-5-17/h4-11,14-16H,12-13H2,1-3H3/b29-16+. The molecule has 5 rings (SSSR count). The van der Waals surface area contributed by atoms with Gasteiger partial charge < -0.3 is 18.8 Å². The van der Waals surface area contributed by atoms with Gasteiger partial charge in [-0.25, -0.2) is 14.4 Å². The van der Waals surface area contributed by atoms with Crippen LogP contribution in [0.15, 0.2) is 65.7 Å². The molecule has 0 saturated carbocycles. The van der Waals surface area contributed by atoms with Crippen LogP contribution < -0.4 is 14.2 Å². The van der Waals surface area contributed by atoms with Gasteiger partial charge in [-0.1, -0.05) is 12.1 Å². The number of ether oxygens (including phenoxy) is 3. The number of aromatic nitrogens is 2. The molecule has 1 aliphatic rings. The maximum absolute atomic E-state index is 13.3. The molecule has 0 aliphatic carbocycles. The Morgan fingerprint density at radius 2 is 1.62 bits per heavy atom. The fourth-order valence-corrected chi connectivity index (χ4v) is 4.24. The topological polar surface area (TPSA) is 57.9 Å². The van der Waals surface area contributed by atoms with E-state index in [1.165, 1.54) is 12.1 Å². The van der Waals surface area contributed by atoms with Crippen LogP contribution in [0.1, 0.15) is 11.1 Å². The molecule has 0 atom stereocenters. The molecule has 7 heteroatoms. The molecule has 1 aliphatic heterocycles. The van der Waals surface area contributed by atoms with Crippen LogP contribution in [0, 0.1) is 5.82 Å². The fraction of sp³-hybridized carbons (Fsp3) is 0.185. The molecule has 2 heterocycles. The lowest BCUT2D eigenvalue weighted by molar-refractivity contribution is 0.354. The first-order chi connectivity index (χ1) is 16.6. The minimum absolute atomic E-state index is 0.280. The molecular weight excluding hydrogens is 433 g/mol. The van der Waals surface area contributed by atoms with E-state index in [0.717, 1.165) is 52.4 Å². The van der Waals surface area contributed by atoms with Crippen LogP contribution >= 0.6 is 0 Å². The number of halogens is 1. The summed E-state index contributed by atoms with van der Waals surface area (Å²) in [6.45, 7) is 0.719. The molecule has 0 unspecified atom stereocenters. The second-order valence-corrected chi connectivity index (χ2v) is 7.91. The highest BCUT2D eigenvalue weighted by Crippen LogP contribution is 2.44. The summed E-state index contributed by atoms with van der Waals surface area (Å²) >= 11 is 0. The van der Waals surface area contributed by atoms with Gasteiger partial charge in [-0.2, -0.15) is 0 Å². The molecule has 0 fully saturated rings. The SMILES string of the molecule is COc1ccc(-c2nc(/N=C/c3ccc(F)cc3)n3c2-c2cc(OC)c(OC)cc2CC3)cc1. The number of rotatable bonds is 6. The maximum atomic E-state index is 13.3. The van der Waals surface area contributed by atoms with Gasteiger partial charge in [0.15, 0.2) is 11.5 Å². The monoisotopic (exact) mass is 457 g/mol. The van der Waals surface area contributed by atoms with Crippen molar-refractivity contribution in [2.24, 2.45) is 4.99 Å². The van der Waals surface area contributed by atoms with Crippen LogP contribution in [0.5, 0.6) is 17.2 Å². The predicted molar refractivity (Wildman–Crippen MR) is 130 cm³/mol. The second-order valence-electron chi connectivity index (χ2n) is 7.91. The molecule has 0 bridgehead atoms. The van der Waals surface area contributed by atoms with Crippen molar-refractivity contribution >= 4 is 12.2 Å². The molecule has 172 valence electrons. The van der Waals surface area contributed by atoms with Gasteiger partial charge in [0.1, 0.15) is 11.6 Å². The van der Waals surface area contributed by atoms with Gasteiger partial charge in [-0.15, -0.1) is 0 Å². The Labute approximate surface area is 197 Å². The number of fused-ring (bicyclic) bond motifs is 3. The average molecular weight is 458 g/mol. The number of methoxy groups -OCH3 is 3. The van der Waals surface area contributed by atoms with Crippen molar-refractivity contribution in [3.8, 4) is 39.8 Å². The van der Waals surface area contributed by atoms with Crippen molar-refractivity contribution in [1.82, 2.24) is 9.55 Å². The third-order valence-corrected chi connectivity index (χ3v) is 5.98. The minimum Gasteiger partial charge on any atom is -0.497 e. The van der Waals surface area contributed by atoms with E-state index in [4.69, 9.17) is 19.2 Å². The average Bonchev–Trinajstić information content (AvgIpc) is 3.26. The smallest absolute Gasteiger partial charge is 0.230 e. The van der Waals surface area contributed by atoms with Gasteiger partial charge in [-0.05, 0) is 66.1 Å². The molecule has 0 radical (unpaired) electrons. The highest BCUT2D eigenvalue weighted by atomic mass is 19.1.